The second-order valence-corrected chi connectivity index (χ2v) is 3.12. The molecule has 0 bridgehead atoms. The van der Waals surface area contributed by atoms with Gasteiger partial charge >= 0.3 is 5.38 Å². The Labute approximate surface area is 68.1 Å². The fraction of sp³-hybridized carbons (Fsp3) is 1.00. The highest BCUT2D eigenvalue weighted by atomic mass is 35.5. The summed E-state index contributed by atoms with van der Waals surface area (Å²) >= 11 is 4.51. The molecular weight excluding hydrogens is 179 g/mol. The van der Waals surface area contributed by atoms with Crippen molar-refractivity contribution in [1.29, 1.82) is 0 Å². The Morgan fingerprint density at radius 1 is 1.27 bits per heavy atom. The van der Waals surface area contributed by atoms with Crippen LogP contribution in [0.25, 0.3) is 0 Å². The molecule has 0 aromatic rings. The number of likely N-dealkylation sites (tertiary alicyclic amines) is 1. The molecule has 1 nitrogen and oxygen atoms in total. The summed E-state index contributed by atoms with van der Waals surface area (Å²) < 4.78 is 36.9. The van der Waals surface area contributed by atoms with Crippen LogP contribution in [0.3, 0.4) is 0 Å². The minimum absolute atomic E-state index is 0.378. The van der Waals surface area contributed by atoms with Gasteiger partial charge in [0, 0.05) is 13.1 Å². The second-order valence-electron chi connectivity index (χ2n) is 2.62. The molecule has 0 saturated carbocycles. The molecule has 0 N–H and O–H groups in total. The number of hydrogen-bond donors (Lipinski definition) is 0. The summed E-state index contributed by atoms with van der Waals surface area (Å²) in [7, 11) is 0. The number of alkyl halides is 4. The Bertz CT molecular complexity index is 130. The van der Waals surface area contributed by atoms with Crippen LogP contribution in [0.15, 0.2) is 0 Å². The molecule has 1 aliphatic rings. The van der Waals surface area contributed by atoms with Crippen LogP contribution in [0.2, 0.25) is 0 Å². The van der Waals surface area contributed by atoms with Crippen LogP contribution < -0.4 is 0 Å². The van der Waals surface area contributed by atoms with E-state index in [9.17, 15) is 13.2 Å². The summed E-state index contributed by atoms with van der Waals surface area (Å²) in [6.07, 6.45) is -0.785. The average Bonchev–Trinajstić information content (AvgIpc) is 2.34. The fourth-order valence-corrected chi connectivity index (χ4v) is 1.31. The first-order valence-electron chi connectivity index (χ1n) is 3.46. The summed E-state index contributed by atoms with van der Waals surface area (Å²) in [4.78, 5) is 1.06. The maximum Gasteiger partial charge on any atom is 0.365 e. The first kappa shape index (κ1) is 9.13. The van der Waals surface area contributed by atoms with E-state index in [1.165, 1.54) is 0 Å². The van der Waals surface area contributed by atoms with Crippen LogP contribution >= 0.6 is 11.6 Å². The summed E-state index contributed by atoms with van der Waals surface area (Å²) in [5, 5.41) is -3.75. The highest BCUT2D eigenvalue weighted by molar-refractivity contribution is 6.22. The predicted octanol–water partition coefficient (Wildman–Crippen LogP) is 2.21. The second kappa shape index (κ2) is 3.19. The summed E-state index contributed by atoms with van der Waals surface area (Å²) in [5.41, 5.74) is 0. The summed E-state index contributed by atoms with van der Waals surface area (Å²) in [6, 6.07) is 0. The van der Waals surface area contributed by atoms with Gasteiger partial charge in [-0.15, -0.1) is 0 Å². The van der Waals surface area contributed by atoms with Crippen LogP contribution in [0.4, 0.5) is 13.2 Å². The number of halogens is 4. The van der Waals surface area contributed by atoms with Gasteiger partial charge in [0.05, 0.1) is 0 Å². The van der Waals surface area contributed by atoms with Gasteiger partial charge in [-0.1, -0.05) is 0 Å². The lowest BCUT2D eigenvalue weighted by Crippen LogP contribution is -2.39. The molecule has 1 unspecified atom stereocenters. The molecule has 66 valence electrons. The van der Waals surface area contributed by atoms with Crippen molar-refractivity contribution in [3.8, 4) is 0 Å². The van der Waals surface area contributed by atoms with E-state index >= 15 is 0 Å². The molecule has 0 aromatic carbocycles. The van der Waals surface area contributed by atoms with Gasteiger partial charge in [0.1, 0.15) is 0 Å². The lowest BCUT2D eigenvalue weighted by Gasteiger charge is -2.23. The molecule has 1 atom stereocenters. The third-order valence-corrected chi connectivity index (χ3v) is 1.91. The van der Waals surface area contributed by atoms with Crippen LogP contribution in [-0.2, 0) is 0 Å². The van der Waals surface area contributed by atoms with Crippen LogP contribution in [0.5, 0.6) is 0 Å². The highest BCUT2D eigenvalue weighted by Crippen LogP contribution is 2.30. The quantitative estimate of drug-likeness (QED) is 0.473. The van der Waals surface area contributed by atoms with Crippen LogP contribution in [0.1, 0.15) is 12.8 Å². The van der Waals surface area contributed by atoms with Crippen LogP contribution in [-0.4, -0.2) is 29.7 Å². The van der Waals surface area contributed by atoms with E-state index in [4.69, 9.17) is 0 Å². The maximum atomic E-state index is 12.7. The molecule has 0 aliphatic carbocycles. The molecule has 1 fully saturated rings. The Morgan fingerprint density at radius 2 is 1.73 bits per heavy atom. The zero-order valence-electron chi connectivity index (χ0n) is 5.86. The van der Waals surface area contributed by atoms with Gasteiger partial charge < -0.3 is 0 Å². The smallest absolute Gasteiger partial charge is 0.268 e. The van der Waals surface area contributed by atoms with E-state index in [1.54, 1.807) is 0 Å². The number of hydrogen-bond acceptors (Lipinski definition) is 1. The zero-order valence-corrected chi connectivity index (χ0v) is 6.62. The Morgan fingerprint density at radius 3 is 2.09 bits per heavy atom. The minimum Gasteiger partial charge on any atom is -0.268 e. The zero-order chi connectivity index (χ0) is 8.48. The fourth-order valence-electron chi connectivity index (χ4n) is 1.18. The SMILES string of the molecule is FC(N1CCCC1)C(F)(F)Cl. The van der Waals surface area contributed by atoms with Gasteiger partial charge in [-0.3, -0.25) is 4.90 Å². The van der Waals surface area contributed by atoms with E-state index in [2.05, 4.69) is 11.6 Å². The lowest BCUT2D eigenvalue weighted by molar-refractivity contribution is -0.0705. The molecular formula is C6H9ClF3N. The normalized spacial score (nSPS) is 24.0. The standard InChI is InChI=1S/C6H9ClF3N/c7-6(9,10)5(8)11-3-1-2-4-11/h5H,1-4H2. The lowest BCUT2D eigenvalue weighted by atomic mass is 10.4. The first-order chi connectivity index (χ1) is 5.02. The molecule has 0 radical (unpaired) electrons. The van der Waals surface area contributed by atoms with Crippen molar-refractivity contribution in [2.75, 3.05) is 13.1 Å². The molecule has 5 heteroatoms. The average molecular weight is 188 g/mol. The van der Waals surface area contributed by atoms with Gasteiger partial charge in [-0.05, 0) is 24.4 Å². The van der Waals surface area contributed by atoms with E-state index in [-0.39, 0.29) is 0 Å². The van der Waals surface area contributed by atoms with Crippen molar-refractivity contribution in [3.05, 3.63) is 0 Å². The van der Waals surface area contributed by atoms with Gasteiger partial charge in [0.15, 0.2) is 0 Å². The number of nitrogens with zero attached hydrogens (tertiary/aromatic N) is 1. The monoisotopic (exact) mass is 187 g/mol. The van der Waals surface area contributed by atoms with Crippen molar-refractivity contribution in [1.82, 2.24) is 4.90 Å². The third-order valence-electron chi connectivity index (χ3n) is 1.73. The van der Waals surface area contributed by atoms with E-state index < -0.39 is 11.7 Å². The summed E-state index contributed by atoms with van der Waals surface area (Å²) in [6.45, 7) is 0.757. The van der Waals surface area contributed by atoms with Crippen molar-refractivity contribution in [2.24, 2.45) is 0 Å². The van der Waals surface area contributed by atoms with Gasteiger partial charge in [0.25, 0.3) is 0 Å². The van der Waals surface area contributed by atoms with Crippen molar-refractivity contribution >= 4 is 11.6 Å². The van der Waals surface area contributed by atoms with Crippen molar-refractivity contribution in [3.63, 3.8) is 0 Å². The van der Waals surface area contributed by atoms with Gasteiger partial charge in [-0.2, -0.15) is 8.78 Å². The van der Waals surface area contributed by atoms with E-state index in [1.807, 2.05) is 0 Å². The molecule has 0 spiro atoms. The topological polar surface area (TPSA) is 3.24 Å². The molecule has 1 rings (SSSR count). The van der Waals surface area contributed by atoms with Crippen molar-refractivity contribution < 1.29 is 13.2 Å². The highest BCUT2D eigenvalue weighted by Gasteiger charge is 2.42. The van der Waals surface area contributed by atoms with Crippen molar-refractivity contribution in [2.45, 2.75) is 24.5 Å². The molecule has 11 heavy (non-hydrogen) atoms. The molecule has 0 amide bonds. The Balaban J connectivity index is 2.46. The maximum absolute atomic E-state index is 12.7. The van der Waals surface area contributed by atoms with Gasteiger partial charge in [-0.25, -0.2) is 4.39 Å². The molecule has 1 aliphatic heterocycles. The minimum atomic E-state index is -3.75. The van der Waals surface area contributed by atoms with Crippen LogP contribution in [0, 0.1) is 0 Å². The first-order valence-corrected chi connectivity index (χ1v) is 3.84. The van der Waals surface area contributed by atoms with E-state index in [0.717, 1.165) is 17.7 Å². The number of rotatable bonds is 2. The largest absolute Gasteiger partial charge is 0.365 e. The molecule has 1 saturated heterocycles. The molecule has 0 aromatic heterocycles. The summed E-state index contributed by atoms with van der Waals surface area (Å²) in [5.74, 6) is 0. The Hall–Kier alpha value is 0.0400. The predicted molar refractivity (Wildman–Crippen MR) is 36.5 cm³/mol. The third kappa shape index (κ3) is 2.24. The molecule has 1 heterocycles. The van der Waals surface area contributed by atoms with Gasteiger partial charge in [0.2, 0.25) is 6.30 Å². The Kier molecular flexibility index (Phi) is 2.65. The van der Waals surface area contributed by atoms with E-state index in [0.29, 0.717) is 13.1 Å².